The number of hydrogen-bond donors (Lipinski definition) is 0. The van der Waals surface area contributed by atoms with Gasteiger partial charge in [0, 0.05) is 19.2 Å². The molecule has 0 aliphatic carbocycles. The summed E-state index contributed by atoms with van der Waals surface area (Å²) < 4.78 is 5.38. The molecule has 2 aromatic carbocycles. The maximum absolute atomic E-state index is 12.6. The van der Waals surface area contributed by atoms with Crippen molar-refractivity contribution in [3.63, 3.8) is 0 Å². The van der Waals surface area contributed by atoms with Crippen LogP contribution in [0.5, 0.6) is 5.75 Å². The summed E-state index contributed by atoms with van der Waals surface area (Å²) in [5.41, 5.74) is 1.36. The molecule has 6 heteroatoms. The van der Waals surface area contributed by atoms with E-state index in [2.05, 4.69) is 0 Å². The predicted octanol–water partition coefficient (Wildman–Crippen LogP) is 3.57. The summed E-state index contributed by atoms with van der Waals surface area (Å²) in [6, 6.07) is 12.2. The summed E-state index contributed by atoms with van der Waals surface area (Å²) in [7, 11) is 1.63. The van der Waals surface area contributed by atoms with Gasteiger partial charge < -0.3 is 9.64 Å². The van der Waals surface area contributed by atoms with Crippen molar-refractivity contribution in [3.8, 4) is 5.75 Å². The number of nitro groups is 1. The molecular formula is C18H20N2O4. The van der Waals surface area contributed by atoms with Crippen LogP contribution >= 0.6 is 0 Å². The molecule has 0 unspecified atom stereocenters. The third kappa shape index (κ3) is 3.90. The Balaban J connectivity index is 2.18. The maximum Gasteiger partial charge on any atom is 0.285 e. The summed E-state index contributed by atoms with van der Waals surface area (Å²) in [4.78, 5) is 24.8. The van der Waals surface area contributed by atoms with E-state index in [1.165, 1.54) is 11.0 Å². The van der Waals surface area contributed by atoms with Gasteiger partial charge in [0.2, 0.25) is 0 Å². The number of nitro benzene ring substituents is 1. The van der Waals surface area contributed by atoms with Gasteiger partial charge in [-0.3, -0.25) is 14.9 Å². The Hall–Kier alpha value is -2.89. The zero-order chi connectivity index (χ0) is 17.7. The highest BCUT2D eigenvalue weighted by molar-refractivity contribution is 5.98. The fraction of sp³-hybridized carbons (Fsp3) is 0.278. The van der Waals surface area contributed by atoms with Gasteiger partial charge in [-0.1, -0.05) is 24.3 Å². The minimum absolute atomic E-state index is 0.105. The summed E-state index contributed by atoms with van der Waals surface area (Å²) in [5, 5.41) is 11.2. The molecule has 2 rings (SSSR count). The van der Waals surface area contributed by atoms with Gasteiger partial charge in [-0.15, -0.1) is 0 Å². The lowest BCUT2D eigenvalue weighted by Crippen LogP contribution is -2.27. The fourth-order valence-corrected chi connectivity index (χ4v) is 2.48. The lowest BCUT2D eigenvalue weighted by molar-refractivity contribution is -0.385. The number of carbonyl (C=O) groups is 1. The van der Waals surface area contributed by atoms with Crippen LogP contribution < -0.4 is 4.74 Å². The first-order chi connectivity index (χ1) is 11.4. The Bertz CT molecular complexity index is 741. The Kier molecular flexibility index (Phi) is 5.52. The second kappa shape index (κ2) is 7.59. The van der Waals surface area contributed by atoms with E-state index in [-0.39, 0.29) is 17.2 Å². The highest BCUT2D eigenvalue weighted by atomic mass is 16.6. The van der Waals surface area contributed by atoms with Crippen molar-refractivity contribution in [1.82, 2.24) is 4.90 Å². The molecular weight excluding hydrogens is 308 g/mol. The molecule has 0 bridgehead atoms. The Morgan fingerprint density at radius 1 is 1.21 bits per heavy atom. The van der Waals surface area contributed by atoms with Gasteiger partial charge in [0.25, 0.3) is 11.6 Å². The minimum Gasteiger partial charge on any atom is -0.494 e. The number of benzene rings is 2. The first-order valence-corrected chi connectivity index (χ1v) is 7.65. The molecule has 6 nitrogen and oxygen atoms in total. The molecule has 2 aromatic rings. The molecule has 0 aliphatic rings. The third-order valence-corrected chi connectivity index (χ3v) is 3.65. The molecule has 0 fully saturated rings. The molecule has 1 amide bonds. The second-order valence-corrected chi connectivity index (χ2v) is 5.47. The van der Waals surface area contributed by atoms with Gasteiger partial charge >= 0.3 is 0 Å². The smallest absolute Gasteiger partial charge is 0.285 e. The summed E-state index contributed by atoms with van der Waals surface area (Å²) in [6.45, 7) is 4.49. The van der Waals surface area contributed by atoms with Crippen molar-refractivity contribution >= 4 is 11.6 Å². The fourth-order valence-electron chi connectivity index (χ4n) is 2.48. The van der Waals surface area contributed by atoms with Crippen LogP contribution in [-0.2, 0) is 6.54 Å². The predicted molar refractivity (Wildman–Crippen MR) is 91.2 cm³/mol. The van der Waals surface area contributed by atoms with Crippen LogP contribution in [0, 0.1) is 17.0 Å². The van der Waals surface area contributed by atoms with Crippen LogP contribution in [0.25, 0.3) is 0 Å². The molecule has 0 aliphatic heterocycles. The SMILES string of the molecule is CCOc1ccc(CN(C)C(=O)c2cccc(C)c2[N+](=O)[O-])cc1. The zero-order valence-electron chi connectivity index (χ0n) is 14.0. The van der Waals surface area contributed by atoms with E-state index in [4.69, 9.17) is 4.74 Å². The molecule has 0 saturated heterocycles. The van der Waals surface area contributed by atoms with Gasteiger partial charge in [0.05, 0.1) is 11.5 Å². The maximum atomic E-state index is 12.6. The minimum atomic E-state index is -0.507. The lowest BCUT2D eigenvalue weighted by Gasteiger charge is -2.18. The van der Waals surface area contributed by atoms with Crippen LogP contribution in [0.2, 0.25) is 0 Å². The number of aryl methyl sites for hydroxylation is 1. The molecule has 0 spiro atoms. The first kappa shape index (κ1) is 17.5. The van der Waals surface area contributed by atoms with Crippen molar-refractivity contribution in [2.75, 3.05) is 13.7 Å². The van der Waals surface area contributed by atoms with E-state index in [0.717, 1.165) is 11.3 Å². The van der Waals surface area contributed by atoms with Crippen LogP contribution in [0.1, 0.15) is 28.4 Å². The van der Waals surface area contributed by atoms with Crippen LogP contribution in [0.4, 0.5) is 5.69 Å². The Morgan fingerprint density at radius 3 is 2.46 bits per heavy atom. The van der Waals surface area contributed by atoms with Gasteiger partial charge in [0.15, 0.2) is 0 Å². The molecule has 126 valence electrons. The highest BCUT2D eigenvalue weighted by Crippen LogP contribution is 2.24. The van der Waals surface area contributed by atoms with E-state index >= 15 is 0 Å². The lowest BCUT2D eigenvalue weighted by atomic mass is 10.1. The average Bonchev–Trinajstić information content (AvgIpc) is 2.55. The molecule has 0 atom stereocenters. The summed E-state index contributed by atoms with van der Waals surface area (Å²) >= 11 is 0. The monoisotopic (exact) mass is 328 g/mol. The third-order valence-electron chi connectivity index (χ3n) is 3.65. The summed E-state index contributed by atoms with van der Waals surface area (Å²) in [6.07, 6.45) is 0. The van der Waals surface area contributed by atoms with Crippen molar-refractivity contribution < 1.29 is 14.5 Å². The van der Waals surface area contributed by atoms with Crippen LogP contribution in [-0.4, -0.2) is 29.4 Å². The van der Waals surface area contributed by atoms with Gasteiger partial charge in [0.1, 0.15) is 11.3 Å². The van der Waals surface area contributed by atoms with Crippen LogP contribution in [0.3, 0.4) is 0 Å². The number of rotatable bonds is 6. The number of amides is 1. The number of para-hydroxylation sites is 1. The highest BCUT2D eigenvalue weighted by Gasteiger charge is 2.24. The van der Waals surface area contributed by atoms with Crippen molar-refractivity contribution in [2.24, 2.45) is 0 Å². The quantitative estimate of drug-likeness (QED) is 0.600. The van der Waals surface area contributed by atoms with E-state index in [0.29, 0.717) is 18.7 Å². The normalized spacial score (nSPS) is 10.3. The van der Waals surface area contributed by atoms with Crippen LogP contribution in [0.15, 0.2) is 42.5 Å². The number of nitrogens with zero attached hydrogens (tertiary/aromatic N) is 2. The van der Waals surface area contributed by atoms with Gasteiger partial charge in [-0.25, -0.2) is 0 Å². The van der Waals surface area contributed by atoms with Gasteiger partial charge in [-0.2, -0.15) is 0 Å². The van der Waals surface area contributed by atoms with Crippen molar-refractivity contribution in [1.29, 1.82) is 0 Å². The number of ether oxygens (including phenoxy) is 1. The molecule has 0 radical (unpaired) electrons. The molecule has 0 aromatic heterocycles. The van der Waals surface area contributed by atoms with E-state index < -0.39 is 4.92 Å². The van der Waals surface area contributed by atoms with Crippen molar-refractivity contribution in [2.45, 2.75) is 20.4 Å². The van der Waals surface area contributed by atoms with Crippen molar-refractivity contribution in [3.05, 3.63) is 69.3 Å². The topological polar surface area (TPSA) is 72.7 Å². The average molecular weight is 328 g/mol. The number of carbonyl (C=O) groups excluding carboxylic acids is 1. The largest absolute Gasteiger partial charge is 0.494 e. The molecule has 0 saturated carbocycles. The summed E-state index contributed by atoms with van der Waals surface area (Å²) in [5.74, 6) is 0.392. The Morgan fingerprint density at radius 2 is 1.88 bits per heavy atom. The van der Waals surface area contributed by atoms with Gasteiger partial charge in [-0.05, 0) is 37.6 Å². The zero-order valence-corrected chi connectivity index (χ0v) is 14.0. The Labute approximate surface area is 140 Å². The molecule has 24 heavy (non-hydrogen) atoms. The second-order valence-electron chi connectivity index (χ2n) is 5.47. The first-order valence-electron chi connectivity index (χ1n) is 7.65. The van der Waals surface area contributed by atoms with E-state index in [1.54, 1.807) is 26.1 Å². The molecule has 0 heterocycles. The standard InChI is InChI=1S/C18H20N2O4/c1-4-24-15-10-8-14(9-11-15)12-19(3)18(21)16-7-5-6-13(2)17(16)20(22)23/h5-11H,4,12H2,1-3H3. The molecule has 0 N–H and O–H groups in total. The number of hydrogen-bond acceptors (Lipinski definition) is 4. The van der Waals surface area contributed by atoms with E-state index in [1.807, 2.05) is 31.2 Å². The van der Waals surface area contributed by atoms with E-state index in [9.17, 15) is 14.9 Å².